The van der Waals surface area contributed by atoms with Crippen molar-refractivity contribution in [1.29, 1.82) is 0 Å². The van der Waals surface area contributed by atoms with Crippen LogP contribution in [-0.4, -0.2) is 36.4 Å². The summed E-state index contributed by atoms with van der Waals surface area (Å²) in [7, 11) is 1.65. The van der Waals surface area contributed by atoms with Crippen molar-refractivity contribution in [2.24, 2.45) is 7.05 Å². The van der Waals surface area contributed by atoms with Crippen molar-refractivity contribution in [2.45, 2.75) is 6.54 Å². The Morgan fingerprint density at radius 3 is 2.53 bits per heavy atom. The van der Waals surface area contributed by atoms with Gasteiger partial charge in [-0.25, -0.2) is 9.18 Å². The second kappa shape index (κ2) is 8.08. The van der Waals surface area contributed by atoms with Crippen LogP contribution >= 0.6 is 0 Å². The summed E-state index contributed by atoms with van der Waals surface area (Å²) >= 11 is 0. The van der Waals surface area contributed by atoms with Crippen LogP contribution in [0.2, 0.25) is 0 Å². The zero-order valence-corrected chi connectivity index (χ0v) is 16.0. The van der Waals surface area contributed by atoms with Crippen molar-refractivity contribution in [3.8, 4) is 22.6 Å². The van der Waals surface area contributed by atoms with E-state index in [0.29, 0.717) is 22.6 Å². The van der Waals surface area contributed by atoms with Gasteiger partial charge < -0.3 is 5.11 Å². The quantitative estimate of drug-likeness (QED) is 0.544. The lowest BCUT2D eigenvalue weighted by Crippen LogP contribution is -2.28. The number of aryl methyl sites for hydroxylation is 1. The SMILES string of the molecule is Cn1nnc(-c2ccc(-c3ccc(N(Cc4ccccc4)C(=O)O)cc3F)cn2)n1. The van der Waals surface area contributed by atoms with Gasteiger partial charge >= 0.3 is 6.09 Å². The summed E-state index contributed by atoms with van der Waals surface area (Å²) in [5.41, 5.74) is 2.44. The first kappa shape index (κ1) is 19.2. The maximum atomic E-state index is 14.8. The Morgan fingerprint density at radius 2 is 1.93 bits per heavy atom. The number of carboxylic acid groups (broad SMARTS) is 1. The highest BCUT2D eigenvalue weighted by Gasteiger charge is 2.17. The molecule has 2 heterocycles. The number of halogens is 1. The largest absolute Gasteiger partial charge is 0.465 e. The molecule has 4 rings (SSSR count). The van der Waals surface area contributed by atoms with E-state index in [9.17, 15) is 14.3 Å². The van der Waals surface area contributed by atoms with Gasteiger partial charge in [-0.2, -0.15) is 4.80 Å². The number of anilines is 1. The molecule has 8 nitrogen and oxygen atoms in total. The molecule has 30 heavy (non-hydrogen) atoms. The minimum Gasteiger partial charge on any atom is -0.465 e. The molecule has 0 aliphatic heterocycles. The van der Waals surface area contributed by atoms with E-state index in [-0.39, 0.29) is 12.2 Å². The molecule has 1 N–H and O–H groups in total. The molecule has 1 amide bonds. The molecule has 0 atom stereocenters. The van der Waals surface area contributed by atoms with E-state index >= 15 is 0 Å². The zero-order chi connectivity index (χ0) is 21.1. The smallest absolute Gasteiger partial charge is 0.412 e. The number of benzene rings is 2. The van der Waals surface area contributed by atoms with Crippen LogP contribution in [0.15, 0.2) is 66.9 Å². The fraction of sp³-hybridized carbons (Fsp3) is 0.0952. The topological polar surface area (TPSA) is 97.0 Å². The van der Waals surface area contributed by atoms with E-state index in [1.807, 2.05) is 30.3 Å². The number of carbonyl (C=O) groups is 1. The molecule has 0 radical (unpaired) electrons. The second-order valence-corrected chi connectivity index (χ2v) is 6.55. The maximum Gasteiger partial charge on any atom is 0.412 e. The minimum absolute atomic E-state index is 0.121. The molecule has 0 fully saturated rings. The van der Waals surface area contributed by atoms with Crippen molar-refractivity contribution < 1.29 is 14.3 Å². The standard InChI is InChI=1S/C21H17FN6O2/c1-27-25-20(24-26-27)19-10-7-15(12-23-19)17-9-8-16(11-18(17)22)28(21(29)30)13-14-5-3-2-4-6-14/h2-12H,13H2,1H3,(H,29,30). The van der Waals surface area contributed by atoms with Gasteiger partial charge in [0.25, 0.3) is 0 Å². The van der Waals surface area contributed by atoms with E-state index in [4.69, 9.17) is 0 Å². The fourth-order valence-electron chi connectivity index (χ4n) is 3.01. The average molecular weight is 404 g/mol. The molecule has 9 heteroatoms. The highest BCUT2D eigenvalue weighted by atomic mass is 19.1. The second-order valence-electron chi connectivity index (χ2n) is 6.55. The van der Waals surface area contributed by atoms with Crippen molar-refractivity contribution in [1.82, 2.24) is 25.2 Å². The Morgan fingerprint density at radius 1 is 1.13 bits per heavy atom. The first-order chi connectivity index (χ1) is 14.5. The molecular weight excluding hydrogens is 387 g/mol. The van der Waals surface area contributed by atoms with Gasteiger partial charge in [-0.3, -0.25) is 9.88 Å². The number of hydrogen-bond acceptors (Lipinski definition) is 5. The molecule has 0 aliphatic rings. The first-order valence-electron chi connectivity index (χ1n) is 9.06. The molecule has 0 aliphatic carbocycles. The Bertz CT molecular complexity index is 1180. The molecule has 150 valence electrons. The van der Waals surface area contributed by atoms with Gasteiger partial charge in [0.05, 0.1) is 19.3 Å². The first-order valence-corrected chi connectivity index (χ1v) is 9.06. The number of amides is 1. The summed E-state index contributed by atoms with van der Waals surface area (Å²) in [4.78, 5) is 18.4. The van der Waals surface area contributed by atoms with Crippen molar-refractivity contribution in [3.05, 3.63) is 78.2 Å². The molecule has 0 saturated heterocycles. The molecule has 2 aromatic heterocycles. The monoisotopic (exact) mass is 404 g/mol. The minimum atomic E-state index is -1.16. The summed E-state index contributed by atoms with van der Waals surface area (Å²) in [5.74, 6) is -0.170. The van der Waals surface area contributed by atoms with Crippen LogP contribution in [0.1, 0.15) is 5.56 Å². The van der Waals surface area contributed by atoms with Crippen molar-refractivity contribution >= 4 is 11.8 Å². The predicted octanol–water partition coefficient (Wildman–Crippen LogP) is 3.76. The van der Waals surface area contributed by atoms with E-state index in [1.165, 1.54) is 17.1 Å². The Balaban J connectivity index is 1.60. The van der Waals surface area contributed by atoms with Gasteiger partial charge in [-0.15, -0.1) is 10.2 Å². The zero-order valence-electron chi connectivity index (χ0n) is 16.0. The van der Waals surface area contributed by atoms with Crippen molar-refractivity contribution in [3.63, 3.8) is 0 Å². The van der Waals surface area contributed by atoms with E-state index < -0.39 is 11.9 Å². The lowest BCUT2D eigenvalue weighted by atomic mass is 10.1. The highest BCUT2D eigenvalue weighted by Crippen LogP contribution is 2.28. The summed E-state index contributed by atoms with van der Waals surface area (Å²) in [5, 5.41) is 21.3. The summed E-state index contributed by atoms with van der Waals surface area (Å²) < 4.78 is 14.8. The van der Waals surface area contributed by atoms with Gasteiger partial charge in [-0.1, -0.05) is 36.4 Å². The van der Waals surface area contributed by atoms with Crippen molar-refractivity contribution in [2.75, 3.05) is 4.90 Å². The lowest BCUT2D eigenvalue weighted by molar-refractivity contribution is 0.201. The van der Waals surface area contributed by atoms with E-state index in [2.05, 4.69) is 20.4 Å². The number of hydrogen-bond donors (Lipinski definition) is 1. The van der Waals surface area contributed by atoms with Crippen LogP contribution < -0.4 is 4.90 Å². The number of rotatable bonds is 5. The molecule has 0 bridgehead atoms. The number of tetrazole rings is 1. The summed E-state index contributed by atoms with van der Waals surface area (Å²) in [6.07, 6.45) is 0.358. The third kappa shape index (κ3) is 4.00. The van der Waals surface area contributed by atoms with Crippen LogP contribution in [0.4, 0.5) is 14.9 Å². The number of pyridine rings is 1. The van der Waals surface area contributed by atoms with Gasteiger partial charge in [0.2, 0.25) is 5.82 Å². The number of nitrogens with zero attached hydrogens (tertiary/aromatic N) is 6. The summed E-state index contributed by atoms with van der Waals surface area (Å²) in [6.45, 7) is 0.121. The van der Waals surface area contributed by atoms with Crippen LogP contribution in [0.5, 0.6) is 0 Å². The van der Waals surface area contributed by atoms with E-state index in [1.54, 1.807) is 31.3 Å². The van der Waals surface area contributed by atoms with Crippen LogP contribution in [0.3, 0.4) is 0 Å². The molecule has 2 aromatic carbocycles. The van der Waals surface area contributed by atoms with Gasteiger partial charge in [-0.05, 0) is 35.0 Å². The Labute approximate surface area is 171 Å². The third-order valence-corrected chi connectivity index (χ3v) is 4.49. The van der Waals surface area contributed by atoms with Crippen LogP contribution in [0.25, 0.3) is 22.6 Å². The van der Waals surface area contributed by atoms with Gasteiger partial charge in [0, 0.05) is 17.3 Å². The normalized spacial score (nSPS) is 10.7. The van der Waals surface area contributed by atoms with Crippen LogP contribution in [0, 0.1) is 5.82 Å². The highest BCUT2D eigenvalue weighted by molar-refractivity contribution is 5.86. The average Bonchev–Trinajstić information content (AvgIpc) is 3.19. The molecule has 0 spiro atoms. The summed E-state index contributed by atoms with van der Waals surface area (Å²) in [6, 6.07) is 16.9. The molecule has 4 aromatic rings. The van der Waals surface area contributed by atoms with Gasteiger partial charge in [0.15, 0.2) is 0 Å². The van der Waals surface area contributed by atoms with Gasteiger partial charge in [0.1, 0.15) is 11.5 Å². The van der Waals surface area contributed by atoms with E-state index in [0.717, 1.165) is 10.5 Å². The number of aromatic nitrogens is 5. The Hall–Kier alpha value is -4.14. The maximum absolute atomic E-state index is 14.8. The Kier molecular flexibility index (Phi) is 5.17. The fourth-order valence-corrected chi connectivity index (χ4v) is 3.01. The molecular formula is C21H17FN6O2. The third-order valence-electron chi connectivity index (χ3n) is 4.49. The molecule has 0 unspecified atom stereocenters. The predicted molar refractivity (Wildman–Crippen MR) is 108 cm³/mol. The lowest BCUT2D eigenvalue weighted by Gasteiger charge is -2.20. The molecule has 0 saturated carbocycles. The van der Waals surface area contributed by atoms with Crippen LogP contribution in [-0.2, 0) is 13.6 Å².